The Morgan fingerprint density at radius 3 is 2.32 bits per heavy atom. The van der Waals surface area contributed by atoms with Gasteiger partial charge in [-0.3, -0.25) is 14.5 Å². The number of nitrogen functional groups attached to an aromatic ring is 1. The normalized spacial score (nSPS) is 21.4. The Hall–Kier alpha value is -3.80. The Labute approximate surface area is 277 Å². The topological polar surface area (TPSA) is 146 Å². The number of aliphatic hydroxyl groups is 2. The molecule has 3 aromatic carbocycles. The van der Waals surface area contributed by atoms with Crippen molar-refractivity contribution in [3.05, 3.63) is 89.5 Å². The molecule has 252 valence electrons. The summed E-state index contributed by atoms with van der Waals surface area (Å²) in [4.78, 5) is 27.3. The SMILES string of the molecule is Nc1ccccc1NC(=O)CCCCCCC(=O)Nc1cccc(C2OC(CN3CCCC3CO)CC(c3ccc(CO)cc3)O2)c1. The highest BCUT2D eigenvalue weighted by Gasteiger charge is 2.35. The smallest absolute Gasteiger partial charge is 0.224 e. The summed E-state index contributed by atoms with van der Waals surface area (Å²) in [5.74, 6) is -0.122. The lowest BCUT2D eigenvalue weighted by atomic mass is 9.99. The number of ether oxygens (including phenoxy) is 2. The lowest BCUT2D eigenvalue weighted by Gasteiger charge is -2.38. The van der Waals surface area contributed by atoms with E-state index in [1.54, 1.807) is 12.1 Å². The number of para-hydroxylation sites is 2. The van der Waals surface area contributed by atoms with Crippen LogP contribution in [0.15, 0.2) is 72.8 Å². The minimum absolute atomic E-state index is 0.0135. The highest BCUT2D eigenvalue weighted by atomic mass is 16.7. The zero-order chi connectivity index (χ0) is 33.0. The van der Waals surface area contributed by atoms with Crippen molar-refractivity contribution >= 4 is 28.9 Å². The maximum Gasteiger partial charge on any atom is 0.224 e. The zero-order valence-corrected chi connectivity index (χ0v) is 27.0. The third-order valence-electron chi connectivity index (χ3n) is 9.00. The van der Waals surface area contributed by atoms with Crippen molar-refractivity contribution in [1.29, 1.82) is 0 Å². The molecule has 2 aliphatic heterocycles. The van der Waals surface area contributed by atoms with Gasteiger partial charge in [-0.1, -0.05) is 61.4 Å². The van der Waals surface area contributed by atoms with Crippen LogP contribution in [-0.2, 0) is 25.7 Å². The molecule has 10 heteroatoms. The van der Waals surface area contributed by atoms with Crippen LogP contribution in [0.1, 0.15) is 86.9 Å². The van der Waals surface area contributed by atoms with E-state index < -0.39 is 6.29 Å². The molecule has 2 heterocycles. The predicted octanol–water partition coefficient (Wildman–Crippen LogP) is 5.68. The monoisotopic (exact) mass is 644 g/mol. The Morgan fingerprint density at radius 1 is 0.851 bits per heavy atom. The van der Waals surface area contributed by atoms with E-state index in [0.717, 1.165) is 61.8 Å². The Kier molecular flexibility index (Phi) is 12.8. The van der Waals surface area contributed by atoms with Crippen molar-refractivity contribution in [1.82, 2.24) is 4.90 Å². The van der Waals surface area contributed by atoms with E-state index in [4.69, 9.17) is 15.2 Å². The summed E-state index contributed by atoms with van der Waals surface area (Å²) in [5.41, 5.74) is 10.4. The van der Waals surface area contributed by atoms with E-state index in [2.05, 4.69) is 15.5 Å². The number of unbranched alkanes of at least 4 members (excludes halogenated alkanes) is 3. The van der Waals surface area contributed by atoms with Gasteiger partial charge in [-0.25, -0.2) is 0 Å². The molecule has 2 aliphatic rings. The summed E-state index contributed by atoms with van der Waals surface area (Å²) < 4.78 is 13.0. The maximum absolute atomic E-state index is 12.8. The lowest BCUT2D eigenvalue weighted by Crippen LogP contribution is -2.42. The number of rotatable bonds is 15. The fourth-order valence-electron chi connectivity index (χ4n) is 6.37. The number of hydrogen-bond acceptors (Lipinski definition) is 8. The maximum atomic E-state index is 12.8. The first-order valence-electron chi connectivity index (χ1n) is 16.8. The Bertz CT molecular complexity index is 1450. The second-order valence-electron chi connectivity index (χ2n) is 12.5. The van der Waals surface area contributed by atoms with Gasteiger partial charge in [0, 0.05) is 43.1 Å². The molecule has 4 unspecified atom stereocenters. The van der Waals surface area contributed by atoms with Crippen LogP contribution < -0.4 is 16.4 Å². The molecule has 0 bridgehead atoms. The van der Waals surface area contributed by atoms with Gasteiger partial charge in [-0.15, -0.1) is 0 Å². The highest BCUT2D eigenvalue weighted by Crippen LogP contribution is 2.39. The van der Waals surface area contributed by atoms with Gasteiger partial charge < -0.3 is 36.1 Å². The first-order valence-corrected chi connectivity index (χ1v) is 16.8. The molecule has 5 rings (SSSR count). The number of amides is 2. The third kappa shape index (κ3) is 10.1. The van der Waals surface area contributed by atoms with Gasteiger partial charge in [-0.05, 0) is 67.6 Å². The number of nitrogens with two attached hydrogens (primary N) is 1. The van der Waals surface area contributed by atoms with Gasteiger partial charge in [0.05, 0.1) is 36.8 Å². The molecule has 2 fully saturated rings. The fraction of sp³-hybridized carbons (Fsp3) is 0.459. The van der Waals surface area contributed by atoms with Crippen LogP contribution >= 0.6 is 0 Å². The standard InChI is InChI=1S/C37H48N4O6/c38-32-12-5-6-13-33(32)40-36(45)15-4-2-1-3-14-35(44)39-29-10-7-9-28(21-29)37-46-31(23-41-20-8-11-30(41)25-43)22-34(47-37)27-18-16-26(24-42)17-19-27/h5-7,9-10,12-13,16-19,21,30-31,34,37,42-43H,1-4,8,11,14-15,20,22-25,38H2,(H,39,44)(H,40,45). The Balaban J connectivity index is 1.12. The highest BCUT2D eigenvalue weighted by molar-refractivity contribution is 5.93. The van der Waals surface area contributed by atoms with E-state index in [0.29, 0.717) is 42.9 Å². The number of hydrogen-bond donors (Lipinski definition) is 5. The van der Waals surface area contributed by atoms with Gasteiger partial charge in [0.1, 0.15) is 0 Å². The number of anilines is 3. The first-order chi connectivity index (χ1) is 22.9. The number of nitrogens with one attached hydrogen (secondary N) is 2. The predicted molar refractivity (Wildman–Crippen MR) is 182 cm³/mol. The summed E-state index contributed by atoms with van der Waals surface area (Å²) in [6.45, 7) is 1.77. The number of nitrogens with zero attached hydrogens (tertiary/aromatic N) is 1. The Morgan fingerprint density at radius 2 is 1.60 bits per heavy atom. The van der Waals surface area contributed by atoms with Gasteiger partial charge in [-0.2, -0.15) is 0 Å². The van der Waals surface area contributed by atoms with Crippen molar-refractivity contribution < 1.29 is 29.3 Å². The summed E-state index contributed by atoms with van der Waals surface area (Å²) in [6, 6.07) is 22.8. The molecular formula is C37H48N4O6. The quantitative estimate of drug-likeness (QED) is 0.105. The average molecular weight is 645 g/mol. The van der Waals surface area contributed by atoms with Crippen molar-refractivity contribution in [2.24, 2.45) is 0 Å². The molecule has 10 nitrogen and oxygen atoms in total. The first kappa shape index (κ1) is 34.5. The number of benzene rings is 3. The molecule has 6 N–H and O–H groups in total. The van der Waals surface area contributed by atoms with E-state index in [-0.39, 0.29) is 43.3 Å². The third-order valence-corrected chi connectivity index (χ3v) is 9.00. The van der Waals surface area contributed by atoms with Crippen LogP contribution in [0.2, 0.25) is 0 Å². The number of carbonyl (C=O) groups is 2. The summed E-state index contributed by atoms with van der Waals surface area (Å²) in [7, 11) is 0. The van der Waals surface area contributed by atoms with E-state index in [1.165, 1.54) is 0 Å². The van der Waals surface area contributed by atoms with Crippen LogP contribution in [-0.4, -0.2) is 58.8 Å². The molecule has 47 heavy (non-hydrogen) atoms. The van der Waals surface area contributed by atoms with Crippen LogP contribution in [0.25, 0.3) is 0 Å². The molecule has 2 amide bonds. The molecule has 2 saturated heterocycles. The van der Waals surface area contributed by atoms with Crippen molar-refractivity contribution in [3.8, 4) is 0 Å². The second-order valence-corrected chi connectivity index (χ2v) is 12.5. The number of carbonyl (C=O) groups excluding carboxylic acids is 2. The van der Waals surface area contributed by atoms with Crippen molar-refractivity contribution in [2.75, 3.05) is 36.1 Å². The largest absolute Gasteiger partial charge is 0.397 e. The van der Waals surface area contributed by atoms with Crippen molar-refractivity contribution in [3.63, 3.8) is 0 Å². The van der Waals surface area contributed by atoms with Crippen LogP contribution in [0.4, 0.5) is 17.1 Å². The van der Waals surface area contributed by atoms with Gasteiger partial charge in [0.25, 0.3) is 0 Å². The van der Waals surface area contributed by atoms with Gasteiger partial charge in [0.15, 0.2) is 6.29 Å². The van der Waals surface area contributed by atoms with E-state index in [1.807, 2.05) is 60.7 Å². The van der Waals surface area contributed by atoms with Gasteiger partial charge in [0.2, 0.25) is 11.8 Å². The molecular weight excluding hydrogens is 596 g/mol. The van der Waals surface area contributed by atoms with Crippen LogP contribution in [0.5, 0.6) is 0 Å². The molecule has 0 aromatic heterocycles. The molecule has 0 radical (unpaired) electrons. The minimum Gasteiger partial charge on any atom is -0.397 e. The second kappa shape index (κ2) is 17.4. The minimum atomic E-state index is -0.626. The fourth-order valence-corrected chi connectivity index (χ4v) is 6.37. The van der Waals surface area contributed by atoms with Crippen LogP contribution in [0, 0.1) is 0 Å². The van der Waals surface area contributed by atoms with Crippen molar-refractivity contribution in [2.45, 2.75) is 88.9 Å². The molecule has 4 atom stereocenters. The number of likely N-dealkylation sites (tertiary alicyclic amines) is 1. The lowest BCUT2D eigenvalue weighted by molar-refractivity contribution is -0.253. The van der Waals surface area contributed by atoms with Gasteiger partial charge >= 0.3 is 0 Å². The molecule has 3 aromatic rings. The summed E-state index contributed by atoms with van der Waals surface area (Å²) in [5, 5.41) is 25.2. The number of aliphatic hydroxyl groups excluding tert-OH is 2. The molecule has 0 saturated carbocycles. The van der Waals surface area contributed by atoms with E-state index >= 15 is 0 Å². The van der Waals surface area contributed by atoms with Crippen LogP contribution in [0.3, 0.4) is 0 Å². The molecule has 0 spiro atoms. The molecule has 0 aliphatic carbocycles. The zero-order valence-electron chi connectivity index (χ0n) is 27.0. The summed E-state index contributed by atoms with van der Waals surface area (Å²) in [6.07, 6.45) is 5.78. The summed E-state index contributed by atoms with van der Waals surface area (Å²) >= 11 is 0. The van der Waals surface area contributed by atoms with E-state index in [9.17, 15) is 19.8 Å². The average Bonchev–Trinajstić information content (AvgIpc) is 3.54.